The first-order valence-corrected chi connectivity index (χ1v) is 10.3. The van der Waals surface area contributed by atoms with E-state index < -0.39 is 22.6 Å². The van der Waals surface area contributed by atoms with E-state index >= 15 is 8.78 Å². The van der Waals surface area contributed by atoms with E-state index in [-0.39, 0.29) is 39.6 Å². The summed E-state index contributed by atoms with van der Waals surface area (Å²) in [6.45, 7) is 1.31. The molecule has 5 rings (SSSR count). The van der Waals surface area contributed by atoms with Gasteiger partial charge < -0.3 is 20.6 Å². The van der Waals surface area contributed by atoms with Crippen LogP contribution in [0.1, 0.15) is 25.3 Å². The number of nitrogens with one attached hydrogen (secondary N) is 2. The second-order valence-electron chi connectivity index (χ2n) is 7.70. The molecule has 1 aromatic carbocycles. The van der Waals surface area contributed by atoms with Crippen LogP contribution >= 0.6 is 11.5 Å². The van der Waals surface area contributed by atoms with Gasteiger partial charge in [-0.3, -0.25) is 19.8 Å². The van der Waals surface area contributed by atoms with E-state index in [1.54, 1.807) is 9.47 Å². The number of fused-ring (bicyclic) bond motifs is 2. The van der Waals surface area contributed by atoms with Gasteiger partial charge >= 0.3 is 0 Å². The number of halogens is 2. The molecule has 3 aromatic rings. The monoisotopic (exact) mass is 422 g/mol. The smallest absolute Gasteiger partial charge is 0.271 e. The Hall–Kier alpha value is -2.50. The van der Waals surface area contributed by atoms with Gasteiger partial charge in [0.05, 0.1) is 10.9 Å². The molecule has 1 saturated heterocycles. The maximum atomic E-state index is 15.9. The summed E-state index contributed by atoms with van der Waals surface area (Å²) in [6.07, 6.45) is 2.30. The highest BCUT2D eigenvalue weighted by atomic mass is 32.1. The number of nitrogens with zero attached hydrogens (tertiary/aromatic N) is 2. The number of hydrazine groups is 1. The molecule has 0 spiro atoms. The van der Waals surface area contributed by atoms with Crippen LogP contribution in [0.25, 0.3) is 21.1 Å². The first kappa shape index (κ1) is 18.5. The van der Waals surface area contributed by atoms with E-state index in [0.29, 0.717) is 24.5 Å². The largest absolute Gasteiger partial charge is 0.366 e. The van der Waals surface area contributed by atoms with Gasteiger partial charge in [0.2, 0.25) is 5.43 Å². The lowest BCUT2D eigenvalue weighted by Crippen LogP contribution is -2.27. The molecule has 154 valence electrons. The molecular formula is C18H20F2N6O2S. The van der Waals surface area contributed by atoms with E-state index in [0.717, 1.165) is 30.8 Å². The third-order valence-corrected chi connectivity index (χ3v) is 6.80. The van der Waals surface area contributed by atoms with Gasteiger partial charge in [0.25, 0.3) is 5.56 Å². The Kier molecular flexibility index (Phi) is 4.16. The normalized spacial score (nSPS) is 19.6. The van der Waals surface area contributed by atoms with Crippen LogP contribution in [0, 0.1) is 17.6 Å². The lowest BCUT2D eigenvalue weighted by atomic mass is 10.1. The molecule has 2 aliphatic rings. The van der Waals surface area contributed by atoms with Crippen LogP contribution in [0.4, 0.5) is 20.2 Å². The molecule has 0 bridgehead atoms. The number of H-pyrrole nitrogens is 1. The van der Waals surface area contributed by atoms with Gasteiger partial charge in [0.1, 0.15) is 21.6 Å². The van der Waals surface area contributed by atoms with Crippen LogP contribution in [0.3, 0.4) is 0 Å². The SMILES string of the molecule is NCC1CCN(c2c(F)c(NN)c3c(=O)c4c(=O)[nH]sc4n(C4CC4)c3c2F)C1. The molecule has 1 atom stereocenters. The highest BCUT2D eigenvalue weighted by molar-refractivity contribution is 7.12. The van der Waals surface area contributed by atoms with Gasteiger partial charge in [-0.1, -0.05) is 0 Å². The second kappa shape index (κ2) is 6.51. The van der Waals surface area contributed by atoms with Gasteiger partial charge in [-0.05, 0) is 43.3 Å². The molecule has 11 heteroatoms. The van der Waals surface area contributed by atoms with Crippen molar-refractivity contribution >= 4 is 44.0 Å². The van der Waals surface area contributed by atoms with Gasteiger partial charge in [0.15, 0.2) is 11.6 Å². The molecular weight excluding hydrogens is 402 g/mol. The van der Waals surface area contributed by atoms with Gasteiger partial charge in [0, 0.05) is 19.1 Å². The number of pyridine rings is 1. The molecule has 0 amide bonds. The maximum absolute atomic E-state index is 15.9. The van der Waals surface area contributed by atoms with E-state index in [2.05, 4.69) is 9.80 Å². The zero-order valence-electron chi connectivity index (χ0n) is 15.4. The zero-order chi connectivity index (χ0) is 20.4. The molecule has 2 aromatic heterocycles. The van der Waals surface area contributed by atoms with Crippen LogP contribution in [0.15, 0.2) is 9.59 Å². The molecule has 1 aliphatic heterocycles. The number of hydrogen-bond acceptors (Lipinski definition) is 7. The van der Waals surface area contributed by atoms with Crippen molar-refractivity contribution in [3.63, 3.8) is 0 Å². The summed E-state index contributed by atoms with van der Waals surface area (Å²) >= 11 is 0.990. The predicted octanol–water partition coefficient (Wildman–Crippen LogP) is 1.59. The number of benzene rings is 1. The van der Waals surface area contributed by atoms with Gasteiger partial charge in [-0.2, -0.15) is 0 Å². The predicted molar refractivity (Wildman–Crippen MR) is 110 cm³/mol. The molecule has 0 radical (unpaired) electrons. The topological polar surface area (TPSA) is 122 Å². The molecule has 8 nitrogen and oxygen atoms in total. The van der Waals surface area contributed by atoms with Gasteiger partial charge in [-0.15, -0.1) is 0 Å². The number of aromatic amines is 1. The van der Waals surface area contributed by atoms with Crippen molar-refractivity contribution in [2.45, 2.75) is 25.3 Å². The minimum atomic E-state index is -0.930. The Labute approximate surface area is 167 Å². The molecule has 6 N–H and O–H groups in total. The number of hydrogen-bond donors (Lipinski definition) is 4. The third-order valence-electron chi connectivity index (χ3n) is 5.92. The number of nitrogen functional groups attached to an aromatic ring is 1. The molecule has 3 heterocycles. The molecule has 29 heavy (non-hydrogen) atoms. The maximum Gasteiger partial charge on any atom is 0.271 e. The first-order valence-electron chi connectivity index (χ1n) is 9.49. The Morgan fingerprint density at radius 1 is 1.17 bits per heavy atom. The second-order valence-corrected chi connectivity index (χ2v) is 8.49. The number of anilines is 2. The van der Waals surface area contributed by atoms with Crippen molar-refractivity contribution in [3.05, 3.63) is 32.2 Å². The summed E-state index contributed by atoms with van der Waals surface area (Å²) < 4.78 is 35.5. The number of aromatic nitrogens is 2. The number of rotatable bonds is 4. The van der Waals surface area contributed by atoms with Crippen molar-refractivity contribution in [1.29, 1.82) is 0 Å². The molecule has 1 saturated carbocycles. The highest BCUT2D eigenvalue weighted by Gasteiger charge is 2.35. The third kappa shape index (κ3) is 2.54. The molecule has 2 fully saturated rings. The highest BCUT2D eigenvalue weighted by Crippen LogP contribution is 2.44. The van der Waals surface area contributed by atoms with E-state index in [9.17, 15) is 9.59 Å². The lowest BCUT2D eigenvalue weighted by molar-refractivity contribution is 0.574. The van der Waals surface area contributed by atoms with Crippen LogP contribution in [-0.4, -0.2) is 28.6 Å². The molecule has 1 aliphatic carbocycles. The van der Waals surface area contributed by atoms with Crippen LogP contribution in [-0.2, 0) is 0 Å². The Morgan fingerprint density at radius 3 is 2.55 bits per heavy atom. The van der Waals surface area contributed by atoms with Gasteiger partial charge in [-0.25, -0.2) is 8.78 Å². The van der Waals surface area contributed by atoms with Crippen LogP contribution < -0.4 is 32.9 Å². The zero-order valence-corrected chi connectivity index (χ0v) is 16.2. The van der Waals surface area contributed by atoms with E-state index in [4.69, 9.17) is 11.6 Å². The minimum absolute atomic E-state index is 0.0131. The Bertz CT molecular complexity index is 1260. The number of nitrogens with two attached hydrogens (primary N) is 2. The summed E-state index contributed by atoms with van der Waals surface area (Å²) in [5.41, 5.74) is 6.16. The van der Waals surface area contributed by atoms with Crippen molar-refractivity contribution in [1.82, 2.24) is 8.94 Å². The van der Waals surface area contributed by atoms with Crippen molar-refractivity contribution < 1.29 is 8.78 Å². The molecule has 1 unspecified atom stereocenters. The summed E-state index contributed by atoms with van der Waals surface area (Å²) in [7, 11) is 0. The van der Waals surface area contributed by atoms with Crippen LogP contribution in [0.5, 0.6) is 0 Å². The fourth-order valence-electron chi connectivity index (χ4n) is 4.32. The summed E-state index contributed by atoms with van der Waals surface area (Å²) in [6, 6.07) is -0.0548. The summed E-state index contributed by atoms with van der Waals surface area (Å²) in [5.74, 6) is 3.98. The van der Waals surface area contributed by atoms with Crippen molar-refractivity contribution in [2.75, 3.05) is 30.0 Å². The standard InChI is InChI=1S/C18H20F2N6O2S/c19-11-13(23-22)9-14(12(20)15(11)25-4-3-7(5-21)6-25)26(8-1-2-8)18-10(16(9)27)17(28)24-29-18/h7-8,23H,1-6,21-22H2,(H,24,28). The van der Waals surface area contributed by atoms with Crippen molar-refractivity contribution in [3.8, 4) is 0 Å². The van der Waals surface area contributed by atoms with E-state index in [1.807, 2.05) is 0 Å². The lowest BCUT2D eigenvalue weighted by Gasteiger charge is -2.24. The fraction of sp³-hybridized carbons (Fsp3) is 0.444. The Balaban J connectivity index is 1.93. The Morgan fingerprint density at radius 2 is 1.93 bits per heavy atom. The average molecular weight is 422 g/mol. The summed E-state index contributed by atoms with van der Waals surface area (Å²) in [4.78, 5) is 27.3. The quantitative estimate of drug-likeness (QED) is 0.374. The van der Waals surface area contributed by atoms with Crippen molar-refractivity contribution in [2.24, 2.45) is 17.5 Å². The fourth-order valence-corrected chi connectivity index (χ4v) is 5.24. The minimum Gasteiger partial charge on any atom is -0.366 e. The van der Waals surface area contributed by atoms with E-state index in [1.165, 1.54) is 0 Å². The van der Waals surface area contributed by atoms with Crippen LogP contribution in [0.2, 0.25) is 0 Å². The first-order chi connectivity index (χ1) is 14.0. The average Bonchev–Trinajstić information content (AvgIpc) is 3.30. The summed E-state index contributed by atoms with van der Waals surface area (Å²) in [5, 5.41) is -0.328.